The van der Waals surface area contributed by atoms with Crippen LogP contribution in [0, 0.1) is 29.6 Å². The standard InChI is InChI=1S/C28H25N7O/c1-18-5-6-23(34-26(36)10-19-7-8-31-25(9-19)28(2,3)17-30)12-24(18)21-11-20(13-29)27(32-14-21)22-15-33-35(4)16-22/h5-9,11-12,14-16H,10H2,1-4H3,(H,34,36). The second-order valence-corrected chi connectivity index (χ2v) is 9.18. The fourth-order valence-corrected chi connectivity index (χ4v) is 3.86. The Morgan fingerprint density at radius 3 is 2.58 bits per heavy atom. The largest absolute Gasteiger partial charge is 0.326 e. The third-order valence-electron chi connectivity index (χ3n) is 5.93. The van der Waals surface area contributed by atoms with E-state index in [1.807, 2.05) is 38.4 Å². The van der Waals surface area contributed by atoms with E-state index in [4.69, 9.17) is 0 Å². The molecule has 178 valence electrons. The van der Waals surface area contributed by atoms with Crippen LogP contribution in [0.15, 0.2) is 61.2 Å². The van der Waals surface area contributed by atoms with Crippen molar-refractivity contribution in [3.63, 3.8) is 0 Å². The summed E-state index contributed by atoms with van der Waals surface area (Å²) in [6, 6.07) is 15.5. The molecule has 3 aromatic heterocycles. The van der Waals surface area contributed by atoms with Gasteiger partial charge in [-0.15, -0.1) is 0 Å². The van der Waals surface area contributed by atoms with Gasteiger partial charge in [0.15, 0.2) is 0 Å². The molecule has 0 atom stereocenters. The molecule has 3 heterocycles. The summed E-state index contributed by atoms with van der Waals surface area (Å²) in [4.78, 5) is 21.6. The van der Waals surface area contributed by atoms with E-state index in [9.17, 15) is 15.3 Å². The summed E-state index contributed by atoms with van der Waals surface area (Å²) in [5.74, 6) is -0.181. The van der Waals surface area contributed by atoms with E-state index < -0.39 is 5.41 Å². The SMILES string of the molecule is Cc1ccc(NC(=O)Cc2ccnc(C(C)(C)C#N)c2)cc1-c1cnc(-c2cnn(C)c2)c(C#N)c1. The highest BCUT2D eigenvalue weighted by molar-refractivity contribution is 5.93. The van der Waals surface area contributed by atoms with Crippen molar-refractivity contribution in [3.8, 4) is 34.5 Å². The molecule has 1 amide bonds. The summed E-state index contributed by atoms with van der Waals surface area (Å²) in [6.07, 6.45) is 7.00. The van der Waals surface area contributed by atoms with Crippen molar-refractivity contribution in [3.05, 3.63) is 83.6 Å². The van der Waals surface area contributed by atoms with E-state index >= 15 is 0 Å². The zero-order valence-electron chi connectivity index (χ0n) is 20.6. The zero-order valence-corrected chi connectivity index (χ0v) is 20.6. The minimum Gasteiger partial charge on any atom is -0.326 e. The number of rotatable bonds is 6. The van der Waals surface area contributed by atoms with E-state index in [2.05, 4.69) is 32.5 Å². The normalized spacial score (nSPS) is 10.9. The highest BCUT2D eigenvalue weighted by Gasteiger charge is 2.22. The van der Waals surface area contributed by atoms with Crippen molar-refractivity contribution >= 4 is 11.6 Å². The molecule has 36 heavy (non-hydrogen) atoms. The lowest BCUT2D eigenvalue weighted by atomic mass is 9.90. The Bertz CT molecular complexity index is 1540. The minimum absolute atomic E-state index is 0.153. The molecule has 8 heteroatoms. The van der Waals surface area contributed by atoms with Crippen molar-refractivity contribution in [1.82, 2.24) is 19.7 Å². The number of amides is 1. The van der Waals surface area contributed by atoms with Gasteiger partial charge in [0.2, 0.25) is 5.91 Å². The number of hydrogen-bond donors (Lipinski definition) is 1. The predicted octanol–water partition coefficient (Wildman–Crippen LogP) is 4.71. The van der Waals surface area contributed by atoms with E-state index in [0.29, 0.717) is 22.6 Å². The van der Waals surface area contributed by atoms with Crippen molar-refractivity contribution in [2.75, 3.05) is 5.32 Å². The quantitative estimate of drug-likeness (QED) is 0.431. The van der Waals surface area contributed by atoms with E-state index in [1.54, 1.807) is 55.3 Å². The number of benzene rings is 1. The molecule has 0 bridgehead atoms. The van der Waals surface area contributed by atoms with Gasteiger partial charge in [-0.1, -0.05) is 6.07 Å². The summed E-state index contributed by atoms with van der Waals surface area (Å²) < 4.78 is 1.67. The average Bonchev–Trinajstić information content (AvgIpc) is 3.30. The summed E-state index contributed by atoms with van der Waals surface area (Å²) in [7, 11) is 1.81. The van der Waals surface area contributed by atoms with Crippen LogP contribution in [0.3, 0.4) is 0 Å². The lowest BCUT2D eigenvalue weighted by Gasteiger charge is -2.15. The zero-order chi connectivity index (χ0) is 25.9. The number of nitriles is 2. The minimum atomic E-state index is -0.735. The molecule has 0 aliphatic heterocycles. The van der Waals surface area contributed by atoms with Gasteiger partial charge < -0.3 is 5.32 Å². The van der Waals surface area contributed by atoms with Gasteiger partial charge in [-0.3, -0.25) is 19.4 Å². The van der Waals surface area contributed by atoms with Gasteiger partial charge in [-0.2, -0.15) is 15.6 Å². The van der Waals surface area contributed by atoms with Gasteiger partial charge in [0.05, 0.1) is 41.1 Å². The lowest BCUT2D eigenvalue weighted by molar-refractivity contribution is -0.115. The van der Waals surface area contributed by atoms with Crippen LogP contribution in [0.5, 0.6) is 0 Å². The van der Waals surface area contributed by atoms with Crippen LogP contribution < -0.4 is 5.32 Å². The Kier molecular flexibility index (Phi) is 6.62. The number of pyridine rings is 2. The number of anilines is 1. The molecule has 1 aromatic carbocycles. The molecule has 8 nitrogen and oxygen atoms in total. The van der Waals surface area contributed by atoms with E-state index in [1.165, 1.54) is 0 Å². The van der Waals surface area contributed by atoms with Gasteiger partial charge in [0, 0.05) is 42.5 Å². The highest BCUT2D eigenvalue weighted by Crippen LogP contribution is 2.30. The Labute approximate surface area is 209 Å². The molecule has 0 saturated carbocycles. The lowest BCUT2D eigenvalue weighted by Crippen LogP contribution is -2.18. The average molecular weight is 476 g/mol. The van der Waals surface area contributed by atoms with Crippen LogP contribution in [-0.2, 0) is 23.7 Å². The summed E-state index contributed by atoms with van der Waals surface area (Å²) >= 11 is 0. The fourth-order valence-electron chi connectivity index (χ4n) is 3.86. The van der Waals surface area contributed by atoms with Gasteiger partial charge in [0.1, 0.15) is 6.07 Å². The number of aryl methyl sites for hydroxylation is 2. The Hall–Kier alpha value is -4.82. The first-order valence-electron chi connectivity index (χ1n) is 11.4. The van der Waals surface area contributed by atoms with Crippen molar-refractivity contribution < 1.29 is 4.79 Å². The fraction of sp³-hybridized carbons (Fsp3) is 0.214. The smallest absolute Gasteiger partial charge is 0.228 e. The van der Waals surface area contributed by atoms with E-state index in [-0.39, 0.29) is 12.3 Å². The first-order valence-corrected chi connectivity index (χ1v) is 11.4. The molecular formula is C28H25N7O. The number of hydrogen-bond acceptors (Lipinski definition) is 6. The maximum atomic E-state index is 12.8. The molecule has 0 saturated heterocycles. The Balaban J connectivity index is 1.56. The van der Waals surface area contributed by atoms with Crippen LogP contribution >= 0.6 is 0 Å². The van der Waals surface area contributed by atoms with Crippen LogP contribution in [-0.4, -0.2) is 25.7 Å². The van der Waals surface area contributed by atoms with Gasteiger partial charge in [0.25, 0.3) is 0 Å². The molecule has 0 aliphatic carbocycles. The number of aromatic nitrogens is 4. The van der Waals surface area contributed by atoms with Crippen LogP contribution in [0.4, 0.5) is 5.69 Å². The van der Waals surface area contributed by atoms with Gasteiger partial charge in [-0.25, -0.2) is 0 Å². The molecule has 4 aromatic rings. The maximum absolute atomic E-state index is 12.8. The monoisotopic (exact) mass is 475 g/mol. The number of nitrogens with zero attached hydrogens (tertiary/aromatic N) is 6. The number of carbonyl (C=O) groups is 1. The Morgan fingerprint density at radius 1 is 1.08 bits per heavy atom. The molecule has 0 fully saturated rings. The summed E-state index contributed by atoms with van der Waals surface area (Å²) in [5.41, 5.74) is 5.76. The van der Waals surface area contributed by atoms with Gasteiger partial charge in [-0.05, 0) is 67.8 Å². The maximum Gasteiger partial charge on any atom is 0.228 e. The first kappa shape index (κ1) is 24.3. The third kappa shape index (κ3) is 5.13. The summed E-state index contributed by atoms with van der Waals surface area (Å²) in [6.45, 7) is 5.56. The topological polar surface area (TPSA) is 120 Å². The van der Waals surface area contributed by atoms with E-state index in [0.717, 1.165) is 27.8 Å². The molecular weight excluding hydrogens is 450 g/mol. The molecule has 1 N–H and O–H groups in total. The molecule has 0 unspecified atom stereocenters. The third-order valence-corrected chi connectivity index (χ3v) is 5.93. The van der Waals surface area contributed by atoms with Gasteiger partial charge >= 0.3 is 0 Å². The van der Waals surface area contributed by atoms with Crippen LogP contribution in [0.25, 0.3) is 22.4 Å². The highest BCUT2D eigenvalue weighted by atomic mass is 16.1. The number of nitrogens with one attached hydrogen (secondary N) is 1. The molecule has 0 spiro atoms. The molecule has 4 rings (SSSR count). The molecule has 0 aliphatic rings. The molecule has 0 radical (unpaired) electrons. The second-order valence-electron chi connectivity index (χ2n) is 9.18. The second kappa shape index (κ2) is 9.81. The predicted molar refractivity (Wildman–Crippen MR) is 137 cm³/mol. The van der Waals surface area contributed by atoms with Crippen molar-refractivity contribution in [2.45, 2.75) is 32.6 Å². The summed E-state index contributed by atoms with van der Waals surface area (Å²) in [5, 5.41) is 26.2. The van der Waals surface area contributed by atoms with Crippen molar-refractivity contribution in [1.29, 1.82) is 10.5 Å². The first-order chi connectivity index (χ1) is 17.2. The van der Waals surface area contributed by atoms with Crippen LogP contribution in [0.2, 0.25) is 0 Å². The van der Waals surface area contributed by atoms with Crippen LogP contribution in [0.1, 0.15) is 36.2 Å². The number of carbonyl (C=O) groups excluding carboxylic acids is 1. The Morgan fingerprint density at radius 2 is 1.89 bits per heavy atom. The van der Waals surface area contributed by atoms with Crippen molar-refractivity contribution in [2.24, 2.45) is 7.05 Å².